The van der Waals surface area contributed by atoms with Crippen LogP contribution < -0.4 is 10.1 Å². The smallest absolute Gasteiger partial charge is 0.161 e. The molecule has 0 unspecified atom stereocenters. The molecule has 5 aromatic heterocycles. The van der Waals surface area contributed by atoms with E-state index < -0.39 is 5.82 Å². The number of ether oxygens (including phenoxy) is 1. The molecule has 6 aromatic rings. The topological polar surface area (TPSA) is 121 Å². The van der Waals surface area contributed by atoms with Crippen molar-refractivity contribution in [2.75, 3.05) is 33.8 Å². The summed E-state index contributed by atoms with van der Waals surface area (Å²) in [5, 5.41) is 11.2. The number of H-pyrrole nitrogens is 2. The van der Waals surface area contributed by atoms with Crippen LogP contribution in [0.4, 0.5) is 4.39 Å². The van der Waals surface area contributed by atoms with Gasteiger partial charge in [-0.2, -0.15) is 5.10 Å². The number of rotatable bonds is 11. The molecule has 45 heavy (non-hydrogen) atoms. The Morgan fingerprint density at radius 1 is 0.956 bits per heavy atom. The SMILES string of the molecule is CN(C)CCOc1cc(F)cc(-c2nccc3[nH]c(-c4n[nH]c5ccc(-c6cncc(CNCC7CCCC7)c6)nc45)nc23)c1. The Morgan fingerprint density at radius 2 is 1.82 bits per heavy atom. The van der Waals surface area contributed by atoms with E-state index in [1.54, 1.807) is 12.3 Å². The van der Waals surface area contributed by atoms with E-state index in [9.17, 15) is 4.39 Å². The van der Waals surface area contributed by atoms with Crippen LogP contribution in [0, 0.1) is 11.7 Å². The van der Waals surface area contributed by atoms with Gasteiger partial charge in [-0.25, -0.2) is 14.4 Å². The summed E-state index contributed by atoms with van der Waals surface area (Å²) in [6.45, 7) is 2.99. The summed E-state index contributed by atoms with van der Waals surface area (Å²) in [5.74, 6) is 1.37. The highest BCUT2D eigenvalue weighted by atomic mass is 19.1. The fourth-order valence-electron chi connectivity index (χ4n) is 5.97. The predicted octanol–water partition coefficient (Wildman–Crippen LogP) is 5.98. The second kappa shape index (κ2) is 12.7. The van der Waals surface area contributed by atoms with Crippen molar-refractivity contribution in [2.24, 2.45) is 5.92 Å². The first kappa shape index (κ1) is 29.0. The molecule has 0 amide bonds. The van der Waals surface area contributed by atoms with Gasteiger partial charge in [-0.1, -0.05) is 12.8 Å². The van der Waals surface area contributed by atoms with Crippen molar-refractivity contribution in [2.45, 2.75) is 32.2 Å². The molecule has 1 saturated carbocycles. The lowest BCUT2D eigenvalue weighted by atomic mass is 10.1. The van der Waals surface area contributed by atoms with Gasteiger partial charge in [-0.05, 0) is 81.4 Å². The van der Waals surface area contributed by atoms with Crippen LogP contribution in [0.5, 0.6) is 5.75 Å². The zero-order valence-corrected chi connectivity index (χ0v) is 25.5. The van der Waals surface area contributed by atoms with Gasteiger partial charge in [-0.15, -0.1) is 0 Å². The number of fused-ring (bicyclic) bond motifs is 2. The van der Waals surface area contributed by atoms with E-state index in [4.69, 9.17) is 14.7 Å². The van der Waals surface area contributed by atoms with Gasteiger partial charge < -0.3 is 19.9 Å². The van der Waals surface area contributed by atoms with Gasteiger partial charge in [0.15, 0.2) is 11.5 Å². The van der Waals surface area contributed by atoms with E-state index in [1.165, 1.54) is 37.8 Å². The molecular weight excluding hydrogens is 569 g/mol. The lowest BCUT2D eigenvalue weighted by Gasteiger charge is -2.12. The Bertz CT molecular complexity index is 1940. The number of benzene rings is 1. The van der Waals surface area contributed by atoms with Crippen molar-refractivity contribution in [3.05, 3.63) is 72.4 Å². The minimum Gasteiger partial charge on any atom is -0.492 e. The number of nitrogens with one attached hydrogen (secondary N) is 3. The molecule has 3 N–H and O–H groups in total. The van der Waals surface area contributed by atoms with Crippen molar-refractivity contribution in [1.82, 2.24) is 45.3 Å². The Labute approximate surface area is 260 Å². The highest BCUT2D eigenvalue weighted by Crippen LogP contribution is 2.32. The molecule has 1 fully saturated rings. The van der Waals surface area contributed by atoms with Crippen LogP contribution in [-0.4, -0.2) is 73.8 Å². The number of hydrogen-bond acceptors (Lipinski definition) is 8. The third kappa shape index (κ3) is 6.40. The molecule has 1 aliphatic carbocycles. The summed E-state index contributed by atoms with van der Waals surface area (Å²) in [6, 6.07) is 12.5. The Hall–Kier alpha value is -4.74. The lowest BCUT2D eigenvalue weighted by Crippen LogP contribution is -2.20. The Morgan fingerprint density at radius 3 is 2.69 bits per heavy atom. The third-order valence-corrected chi connectivity index (χ3v) is 8.31. The van der Waals surface area contributed by atoms with Gasteiger partial charge in [-0.3, -0.25) is 15.1 Å². The summed E-state index contributed by atoms with van der Waals surface area (Å²) >= 11 is 0. The van der Waals surface area contributed by atoms with Gasteiger partial charge in [0.05, 0.1) is 22.4 Å². The fraction of sp³-hybridized carbons (Fsp3) is 0.324. The molecule has 1 aliphatic rings. The number of pyridine rings is 3. The lowest BCUT2D eigenvalue weighted by molar-refractivity contribution is 0.260. The normalized spacial score (nSPS) is 13.9. The van der Waals surface area contributed by atoms with Crippen LogP contribution in [0.1, 0.15) is 31.2 Å². The number of aromatic amines is 2. The van der Waals surface area contributed by atoms with E-state index in [-0.39, 0.29) is 0 Å². The van der Waals surface area contributed by atoms with Crippen LogP contribution in [0.2, 0.25) is 0 Å². The van der Waals surface area contributed by atoms with Crippen molar-refractivity contribution >= 4 is 22.1 Å². The molecule has 0 spiro atoms. The third-order valence-electron chi connectivity index (χ3n) is 8.31. The second-order valence-corrected chi connectivity index (χ2v) is 12.0. The molecule has 1 aromatic carbocycles. The molecule has 11 heteroatoms. The number of nitrogens with zero attached hydrogens (tertiary/aromatic N) is 6. The van der Waals surface area contributed by atoms with Crippen molar-refractivity contribution in [1.29, 1.82) is 0 Å². The van der Waals surface area contributed by atoms with Crippen molar-refractivity contribution < 1.29 is 9.13 Å². The molecule has 5 heterocycles. The van der Waals surface area contributed by atoms with Crippen molar-refractivity contribution in [3.8, 4) is 39.8 Å². The zero-order chi connectivity index (χ0) is 30.8. The average Bonchev–Trinajstić information content (AvgIpc) is 3.80. The first-order chi connectivity index (χ1) is 22.0. The summed E-state index contributed by atoms with van der Waals surface area (Å²) in [6.07, 6.45) is 10.8. The zero-order valence-electron chi connectivity index (χ0n) is 25.5. The van der Waals surface area contributed by atoms with Crippen LogP contribution in [0.3, 0.4) is 0 Å². The summed E-state index contributed by atoms with van der Waals surface area (Å²) in [5.41, 5.74) is 7.41. The summed E-state index contributed by atoms with van der Waals surface area (Å²) < 4.78 is 20.5. The first-order valence-electron chi connectivity index (χ1n) is 15.4. The molecule has 0 atom stereocenters. The fourth-order valence-corrected chi connectivity index (χ4v) is 5.97. The van der Waals surface area contributed by atoms with Crippen molar-refractivity contribution in [3.63, 3.8) is 0 Å². The highest BCUT2D eigenvalue weighted by Gasteiger charge is 2.19. The maximum atomic E-state index is 14.7. The van der Waals surface area contributed by atoms with E-state index in [1.807, 2.05) is 49.6 Å². The number of hydrogen-bond donors (Lipinski definition) is 3. The number of aromatic nitrogens is 7. The predicted molar refractivity (Wildman–Crippen MR) is 173 cm³/mol. The molecule has 0 bridgehead atoms. The quantitative estimate of drug-likeness (QED) is 0.165. The molecule has 230 valence electrons. The monoisotopic (exact) mass is 605 g/mol. The Balaban J connectivity index is 1.17. The van der Waals surface area contributed by atoms with Crippen LogP contribution in [0.25, 0.3) is 56.1 Å². The minimum absolute atomic E-state index is 0.403. The second-order valence-electron chi connectivity index (χ2n) is 12.0. The van der Waals surface area contributed by atoms with Crippen LogP contribution >= 0.6 is 0 Å². The largest absolute Gasteiger partial charge is 0.492 e. The van der Waals surface area contributed by atoms with Gasteiger partial charge in [0.2, 0.25) is 0 Å². The molecule has 0 radical (unpaired) electrons. The minimum atomic E-state index is -0.403. The maximum Gasteiger partial charge on any atom is 0.161 e. The maximum absolute atomic E-state index is 14.7. The number of imidazole rings is 1. The molecule has 0 saturated heterocycles. The molecule has 10 nitrogen and oxygen atoms in total. The Kier molecular flexibility index (Phi) is 8.19. The number of halogens is 1. The summed E-state index contributed by atoms with van der Waals surface area (Å²) in [4.78, 5) is 24.3. The highest BCUT2D eigenvalue weighted by molar-refractivity contribution is 5.95. The van der Waals surface area contributed by atoms with Crippen LogP contribution in [0.15, 0.2) is 61.1 Å². The van der Waals surface area contributed by atoms with Gasteiger partial charge in [0.25, 0.3) is 0 Å². The van der Waals surface area contributed by atoms with E-state index in [0.717, 1.165) is 53.4 Å². The van der Waals surface area contributed by atoms with Gasteiger partial charge >= 0.3 is 0 Å². The standard InChI is InChI=1S/C34H36FN9O/c1-44(2)11-12-45-26-15-23(14-25(35)16-26)30-31-28(9-10-38-30)40-34(41-31)33-32-29(42-43-33)8-7-27(39-32)24-13-22(19-37-20-24)18-36-17-21-5-3-4-6-21/h7-10,13-16,19-21,36H,3-6,11-12,17-18H2,1-2H3,(H,40,41)(H,42,43). The van der Waals surface area contributed by atoms with E-state index in [2.05, 4.69) is 36.5 Å². The van der Waals surface area contributed by atoms with E-state index >= 15 is 0 Å². The summed E-state index contributed by atoms with van der Waals surface area (Å²) in [7, 11) is 3.93. The average molecular weight is 606 g/mol. The number of likely N-dealkylation sites (N-methyl/N-ethyl adjacent to an activating group) is 1. The molecule has 7 rings (SSSR count). The molecular formula is C34H36FN9O. The van der Waals surface area contributed by atoms with Gasteiger partial charge in [0.1, 0.15) is 29.2 Å². The first-order valence-corrected chi connectivity index (χ1v) is 15.4. The van der Waals surface area contributed by atoms with Crippen LogP contribution in [-0.2, 0) is 6.54 Å². The van der Waals surface area contributed by atoms with E-state index in [0.29, 0.717) is 46.2 Å². The molecule has 0 aliphatic heterocycles. The van der Waals surface area contributed by atoms with Gasteiger partial charge in [0, 0.05) is 48.9 Å².